The van der Waals surface area contributed by atoms with Gasteiger partial charge in [0.25, 0.3) is 0 Å². The van der Waals surface area contributed by atoms with Gasteiger partial charge in [-0.25, -0.2) is 4.57 Å². The molecule has 3 unspecified atom stereocenters. The molecule has 3 rings (SSSR count). The van der Waals surface area contributed by atoms with Crippen molar-refractivity contribution in [3.05, 3.63) is 54.4 Å². The summed E-state index contributed by atoms with van der Waals surface area (Å²) in [6, 6.07) is 8.72. The zero-order valence-corrected chi connectivity index (χ0v) is 17.9. The first-order valence-corrected chi connectivity index (χ1v) is 10.8. The first kappa shape index (κ1) is 22.5. The largest absolute Gasteiger partial charge is 0.426 e. The maximum atomic E-state index is 12.2. The van der Waals surface area contributed by atoms with E-state index in [-0.39, 0.29) is 6.61 Å². The van der Waals surface area contributed by atoms with Crippen LogP contribution < -0.4 is 10.3 Å². The monoisotopic (exact) mass is 438 g/mol. The summed E-state index contributed by atoms with van der Waals surface area (Å²) in [4.78, 5) is 13.2. The Kier molecular flexibility index (Phi) is 7.33. The average Bonchev–Trinajstić information content (AvgIpc) is 3.08. The predicted molar refractivity (Wildman–Crippen MR) is 109 cm³/mol. The molecule has 9 nitrogen and oxygen atoms in total. The van der Waals surface area contributed by atoms with E-state index in [9.17, 15) is 14.5 Å². The fourth-order valence-electron chi connectivity index (χ4n) is 3.21. The molecule has 0 bridgehead atoms. The number of para-hydroxylation sites is 1. The van der Waals surface area contributed by atoms with E-state index in [0.717, 1.165) is 0 Å². The van der Waals surface area contributed by atoms with Gasteiger partial charge in [-0.1, -0.05) is 24.3 Å². The van der Waals surface area contributed by atoms with E-state index in [1.165, 1.54) is 13.8 Å². The molecule has 1 amide bonds. The first-order valence-electron chi connectivity index (χ1n) is 9.61. The highest BCUT2D eigenvalue weighted by Crippen LogP contribution is 2.34. The van der Waals surface area contributed by atoms with Gasteiger partial charge in [0.15, 0.2) is 5.79 Å². The zero-order chi connectivity index (χ0) is 21.7. The number of allylic oxidation sites excluding steroid dienone is 1. The van der Waals surface area contributed by atoms with Crippen LogP contribution in [0.2, 0.25) is 0 Å². The summed E-state index contributed by atoms with van der Waals surface area (Å²) in [5, 5.41) is 10.1. The van der Waals surface area contributed by atoms with Crippen LogP contribution in [-0.4, -0.2) is 46.7 Å². The lowest BCUT2D eigenvalue weighted by Gasteiger charge is -2.26. The minimum Gasteiger partial charge on any atom is -0.426 e. The number of ether oxygens (including phenoxy) is 2. The van der Waals surface area contributed by atoms with Crippen molar-refractivity contribution in [3.63, 3.8) is 0 Å². The maximum Gasteiger partial charge on any atom is 0.367 e. The predicted octanol–water partition coefficient (Wildman–Crippen LogP) is 2.29. The molecule has 0 aromatic heterocycles. The Morgan fingerprint density at radius 3 is 2.77 bits per heavy atom. The number of benzene rings is 1. The second kappa shape index (κ2) is 9.76. The molecule has 30 heavy (non-hydrogen) atoms. The number of rotatable bonds is 9. The minimum absolute atomic E-state index is 0.0498. The molecule has 3 N–H and O–H groups in total. The molecule has 2 aliphatic heterocycles. The average molecular weight is 438 g/mol. The van der Waals surface area contributed by atoms with Gasteiger partial charge < -0.3 is 29.7 Å². The second-order valence-electron chi connectivity index (χ2n) is 7.50. The molecule has 164 valence electrons. The van der Waals surface area contributed by atoms with Gasteiger partial charge in [0.05, 0.1) is 12.7 Å². The molecule has 0 spiro atoms. The van der Waals surface area contributed by atoms with E-state index in [0.29, 0.717) is 24.2 Å². The number of amides is 1. The number of carbonyl (C=O) groups excluding carboxylic acids is 1. The number of carbonyl (C=O) groups is 1. The topological polar surface area (TPSA) is 121 Å². The van der Waals surface area contributed by atoms with E-state index in [4.69, 9.17) is 24.3 Å². The summed E-state index contributed by atoms with van der Waals surface area (Å²) in [6.07, 6.45) is 4.50. The quantitative estimate of drug-likeness (QED) is 0.445. The van der Waals surface area contributed by atoms with Gasteiger partial charge >= 0.3 is 8.25 Å². The van der Waals surface area contributed by atoms with Gasteiger partial charge in [-0.2, -0.15) is 0 Å². The maximum absolute atomic E-state index is 12.2. The van der Waals surface area contributed by atoms with Crippen LogP contribution in [0, 0.1) is 0 Å². The number of nitrogens with zero attached hydrogens (tertiary/aromatic N) is 1. The Morgan fingerprint density at radius 1 is 1.37 bits per heavy atom. The molecular formula is C20H27N2O7P. The zero-order valence-electron chi connectivity index (χ0n) is 16.9. The van der Waals surface area contributed by atoms with Crippen molar-refractivity contribution in [2.24, 2.45) is 5.73 Å². The smallest absolute Gasteiger partial charge is 0.367 e. The molecular weight excluding hydrogens is 411 g/mol. The number of hydrogen-bond acceptors (Lipinski definition) is 8. The van der Waals surface area contributed by atoms with Crippen molar-refractivity contribution in [2.45, 2.75) is 50.9 Å². The van der Waals surface area contributed by atoms with Gasteiger partial charge in [-0.15, -0.1) is 0 Å². The molecule has 2 aliphatic rings. The molecule has 1 saturated heterocycles. The molecule has 1 fully saturated rings. The summed E-state index contributed by atoms with van der Waals surface area (Å²) in [6.45, 7) is 2.99. The van der Waals surface area contributed by atoms with Crippen molar-refractivity contribution in [1.82, 2.24) is 4.90 Å². The highest BCUT2D eigenvalue weighted by atomic mass is 31.1. The number of hydrogen-bond donors (Lipinski definition) is 2. The summed E-state index contributed by atoms with van der Waals surface area (Å²) in [7, 11) is -2.81. The van der Waals surface area contributed by atoms with Crippen LogP contribution in [-0.2, 0) is 23.4 Å². The van der Waals surface area contributed by atoms with Crippen LogP contribution in [0.3, 0.4) is 0 Å². The highest BCUT2D eigenvalue weighted by molar-refractivity contribution is 7.33. The van der Waals surface area contributed by atoms with Crippen molar-refractivity contribution in [2.75, 3.05) is 6.61 Å². The molecule has 1 aromatic carbocycles. The third kappa shape index (κ3) is 6.42. The fraction of sp³-hybridized carbons (Fsp3) is 0.450. The van der Waals surface area contributed by atoms with E-state index >= 15 is 0 Å². The molecule has 1 aromatic rings. The van der Waals surface area contributed by atoms with Gasteiger partial charge in [-0.3, -0.25) is 9.32 Å². The fourth-order valence-corrected chi connectivity index (χ4v) is 3.90. The molecule has 4 atom stereocenters. The third-order valence-corrected chi connectivity index (χ3v) is 5.30. The van der Waals surface area contributed by atoms with Crippen LogP contribution in [0.25, 0.3) is 0 Å². The van der Waals surface area contributed by atoms with Crippen molar-refractivity contribution in [3.8, 4) is 5.75 Å². The Bertz CT molecular complexity index is 822. The van der Waals surface area contributed by atoms with E-state index in [1.807, 2.05) is 12.1 Å². The third-order valence-electron chi connectivity index (χ3n) is 4.50. The lowest BCUT2D eigenvalue weighted by atomic mass is 10.1. The number of nitrogens with two attached hydrogens (primary N) is 1. The highest BCUT2D eigenvalue weighted by Gasteiger charge is 2.41. The molecule has 2 heterocycles. The molecule has 0 saturated carbocycles. The van der Waals surface area contributed by atoms with Crippen LogP contribution >= 0.6 is 8.25 Å². The lowest BCUT2D eigenvalue weighted by Crippen LogP contribution is -2.36. The van der Waals surface area contributed by atoms with Gasteiger partial charge in [0, 0.05) is 24.4 Å². The summed E-state index contributed by atoms with van der Waals surface area (Å²) in [5.41, 5.74) is 5.84. The molecule has 0 aliphatic carbocycles. The summed E-state index contributed by atoms with van der Waals surface area (Å²) in [5.74, 6) is -1.44. The second-order valence-corrected chi connectivity index (χ2v) is 8.49. The van der Waals surface area contributed by atoms with Crippen LogP contribution in [0.1, 0.15) is 26.7 Å². The standard InChI is InChI=1S/C20H27N2O7P/c1-20(2,24)28-16-11-18(22-10-6-7-14(12-22)19(21)23)27-17(16)13-26-30(25)29-15-8-4-3-5-9-15/h3-6,8-10,12,16-18,24,30H,7,11,13H2,1-2H3,(H2,21,23)/t16?,17?,18-/m1/s1. The normalized spacial score (nSPS) is 25.1. The molecule has 0 radical (unpaired) electrons. The van der Waals surface area contributed by atoms with E-state index in [2.05, 4.69) is 0 Å². The Labute approximate surface area is 176 Å². The van der Waals surface area contributed by atoms with Crippen LogP contribution in [0.15, 0.2) is 54.4 Å². The SMILES string of the molecule is CC(C)(O)OC1C[C@H](N2C=CCC(C(N)=O)=C2)OC1CO[PH](=O)Oc1ccccc1. The van der Waals surface area contributed by atoms with Crippen molar-refractivity contribution >= 4 is 14.2 Å². The summed E-state index contributed by atoms with van der Waals surface area (Å²) >= 11 is 0. The van der Waals surface area contributed by atoms with Gasteiger partial charge in [-0.05, 0) is 32.4 Å². The first-order chi connectivity index (χ1) is 14.2. The number of primary amides is 1. The van der Waals surface area contributed by atoms with Crippen molar-refractivity contribution < 1.29 is 33.0 Å². The Balaban J connectivity index is 1.63. The van der Waals surface area contributed by atoms with E-state index in [1.54, 1.807) is 41.6 Å². The van der Waals surface area contributed by atoms with Crippen LogP contribution in [0.4, 0.5) is 0 Å². The molecule has 10 heteroatoms. The minimum atomic E-state index is -2.81. The summed E-state index contributed by atoms with van der Waals surface area (Å²) < 4.78 is 34.6. The Morgan fingerprint density at radius 2 is 2.10 bits per heavy atom. The lowest BCUT2D eigenvalue weighted by molar-refractivity contribution is -0.216. The van der Waals surface area contributed by atoms with Crippen molar-refractivity contribution in [1.29, 1.82) is 0 Å². The number of aliphatic hydroxyl groups is 1. The van der Waals surface area contributed by atoms with Gasteiger partial charge in [0.1, 0.15) is 18.1 Å². The van der Waals surface area contributed by atoms with E-state index < -0.39 is 38.4 Å². The Hall–Kier alpha value is -2.16. The van der Waals surface area contributed by atoms with Gasteiger partial charge in [0.2, 0.25) is 5.91 Å². The van der Waals surface area contributed by atoms with Crippen LogP contribution in [0.5, 0.6) is 5.75 Å².